The van der Waals surface area contributed by atoms with Crippen LogP contribution in [-0.4, -0.2) is 15.5 Å². The lowest BCUT2D eigenvalue weighted by Crippen LogP contribution is -2.21. The van der Waals surface area contributed by atoms with E-state index >= 15 is 0 Å². The zero-order valence-corrected chi connectivity index (χ0v) is 17.8. The number of nitrogens with one attached hydrogen (secondary N) is 1. The van der Waals surface area contributed by atoms with Gasteiger partial charge in [-0.3, -0.25) is 9.59 Å². The summed E-state index contributed by atoms with van der Waals surface area (Å²) in [6.07, 6.45) is 3.11. The molecule has 4 rings (SSSR count). The van der Waals surface area contributed by atoms with Gasteiger partial charge in [-0.15, -0.1) is 11.3 Å². The van der Waals surface area contributed by atoms with Crippen LogP contribution in [0.15, 0.2) is 77.9 Å². The van der Waals surface area contributed by atoms with E-state index in [-0.39, 0.29) is 11.5 Å². The summed E-state index contributed by atoms with van der Waals surface area (Å²) in [4.78, 5) is 29.6. The molecule has 0 aliphatic rings. The number of nitrogens with zero attached hydrogens (tertiary/aromatic N) is 2. The van der Waals surface area contributed by atoms with Crippen LogP contribution in [-0.2, 0) is 6.54 Å². The smallest absolute Gasteiger partial charge is 0.267 e. The van der Waals surface area contributed by atoms with Crippen molar-refractivity contribution in [2.75, 3.05) is 5.32 Å². The minimum Gasteiger partial charge on any atom is -0.320 e. The fourth-order valence-corrected chi connectivity index (χ4v) is 4.20. The number of benzene rings is 2. The third-order valence-corrected chi connectivity index (χ3v) is 6.10. The summed E-state index contributed by atoms with van der Waals surface area (Å²) in [6, 6.07) is 17.6. The number of aromatic nitrogens is 2. The number of thiazole rings is 1. The normalized spacial score (nSPS) is 10.7. The molecule has 1 N–H and O–H groups in total. The zero-order valence-electron chi connectivity index (χ0n) is 15.5. The fraction of sp³-hybridized carbons (Fsp3) is 0.0455. The molecule has 0 spiro atoms. The predicted octanol–water partition coefficient (Wildman–Crippen LogP) is 5.58. The molecule has 150 valence electrons. The lowest BCUT2D eigenvalue weighted by Gasteiger charge is -2.10. The summed E-state index contributed by atoms with van der Waals surface area (Å²) in [6.45, 7) is 0.305. The molecule has 0 atom stereocenters. The molecule has 0 aliphatic carbocycles. The Morgan fingerprint density at radius 1 is 1.00 bits per heavy atom. The van der Waals surface area contributed by atoms with Gasteiger partial charge in [-0.1, -0.05) is 59.6 Å². The number of halogens is 2. The number of amides is 1. The molecular formula is C22H15Cl2N3O2S. The molecule has 2 aromatic carbocycles. The molecule has 5 nitrogen and oxygen atoms in total. The lowest BCUT2D eigenvalue weighted by molar-refractivity contribution is 0.103. The van der Waals surface area contributed by atoms with Crippen molar-refractivity contribution in [3.05, 3.63) is 104 Å². The highest BCUT2D eigenvalue weighted by Gasteiger charge is 2.14. The maximum Gasteiger partial charge on any atom is 0.267 e. The second-order valence-corrected chi connectivity index (χ2v) is 8.28. The minimum absolute atomic E-state index is 0.188. The van der Waals surface area contributed by atoms with Gasteiger partial charge in [0.15, 0.2) is 0 Å². The van der Waals surface area contributed by atoms with Crippen LogP contribution >= 0.6 is 34.5 Å². The van der Waals surface area contributed by atoms with Crippen molar-refractivity contribution >= 4 is 46.1 Å². The van der Waals surface area contributed by atoms with E-state index in [1.54, 1.807) is 24.4 Å². The Kier molecular flexibility index (Phi) is 5.99. The Morgan fingerprint density at radius 3 is 2.50 bits per heavy atom. The highest BCUT2D eigenvalue weighted by Crippen LogP contribution is 2.31. The van der Waals surface area contributed by atoms with Gasteiger partial charge in [0.2, 0.25) is 0 Å². The standard InChI is InChI=1S/C22H15Cl2N3O2S/c23-17-7-3-1-5-14(17)12-27-13-15(9-10-20(27)28)26-21(29)19-11-25-22(30-19)16-6-2-4-8-18(16)24/h1-11,13H,12H2,(H,26,29). The van der Waals surface area contributed by atoms with Gasteiger partial charge in [0.25, 0.3) is 11.5 Å². The molecule has 0 radical (unpaired) electrons. The summed E-state index contributed by atoms with van der Waals surface area (Å²) < 4.78 is 1.50. The Morgan fingerprint density at radius 2 is 1.73 bits per heavy atom. The van der Waals surface area contributed by atoms with Gasteiger partial charge in [0.1, 0.15) is 9.88 Å². The predicted molar refractivity (Wildman–Crippen MR) is 122 cm³/mol. The van der Waals surface area contributed by atoms with Crippen LogP contribution in [0, 0.1) is 0 Å². The van der Waals surface area contributed by atoms with Crippen molar-refractivity contribution in [2.45, 2.75) is 6.54 Å². The second kappa shape index (κ2) is 8.83. The van der Waals surface area contributed by atoms with E-state index in [9.17, 15) is 9.59 Å². The zero-order chi connectivity index (χ0) is 21.1. The van der Waals surface area contributed by atoms with Crippen LogP contribution in [0.1, 0.15) is 15.2 Å². The summed E-state index contributed by atoms with van der Waals surface area (Å²) in [5.74, 6) is -0.311. The molecule has 0 unspecified atom stereocenters. The monoisotopic (exact) mass is 455 g/mol. The van der Waals surface area contributed by atoms with E-state index in [2.05, 4.69) is 10.3 Å². The highest BCUT2D eigenvalue weighted by molar-refractivity contribution is 7.17. The van der Waals surface area contributed by atoms with E-state index in [4.69, 9.17) is 23.2 Å². The quantitative estimate of drug-likeness (QED) is 0.427. The van der Waals surface area contributed by atoms with Gasteiger partial charge in [0, 0.05) is 22.8 Å². The third-order valence-electron chi connectivity index (χ3n) is 4.37. The molecule has 0 fully saturated rings. The van der Waals surface area contributed by atoms with Crippen molar-refractivity contribution in [3.8, 4) is 10.6 Å². The van der Waals surface area contributed by atoms with E-state index in [0.29, 0.717) is 32.2 Å². The van der Waals surface area contributed by atoms with Gasteiger partial charge in [0.05, 0.1) is 23.5 Å². The number of pyridine rings is 1. The van der Waals surface area contributed by atoms with E-state index in [1.807, 2.05) is 36.4 Å². The molecule has 4 aromatic rings. The summed E-state index contributed by atoms with van der Waals surface area (Å²) in [5.41, 5.74) is 1.90. The van der Waals surface area contributed by atoms with Crippen molar-refractivity contribution in [1.29, 1.82) is 0 Å². The molecule has 1 amide bonds. The molecule has 2 aromatic heterocycles. The Hall–Kier alpha value is -2.93. The highest BCUT2D eigenvalue weighted by atomic mass is 35.5. The average molecular weight is 456 g/mol. The Bertz CT molecular complexity index is 1280. The second-order valence-electron chi connectivity index (χ2n) is 6.44. The van der Waals surface area contributed by atoms with Crippen molar-refractivity contribution < 1.29 is 4.79 Å². The van der Waals surface area contributed by atoms with Crippen molar-refractivity contribution in [1.82, 2.24) is 9.55 Å². The maximum atomic E-state index is 12.7. The first-order valence-corrected chi connectivity index (χ1v) is 10.5. The molecule has 0 bridgehead atoms. The molecule has 8 heteroatoms. The largest absolute Gasteiger partial charge is 0.320 e. The first-order valence-electron chi connectivity index (χ1n) is 8.97. The summed E-state index contributed by atoms with van der Waals surface area (Å²) in [7, 11) is 0. The topological polar surface area (TPSA) is 64.0 Å². The lowest BCUT2D eigenvalue weighted by atomic mass is 10.2. The molecule has 0 aliphatic heterocycles. The van der Waals surface area contributed by atoms with Crippen LogP contribution < -0.4 is 10.9 Å². The molecule has 0 saturated heterocycles. The SMILES string of the molecule is O=C(Nc1ccc(=O)n(Cc2ccccc2Cl)c1)c1cnc(-c2ccccc2Cl)s1. The van der Waals surface area contributed by atoms with Crippen molar-refractivity contribution in [2.24, 2.45) is 0 Å². The number of carbonyl (C=O) groups is 1. The third kappa shape index (κ3) is 4.46. The summed E-state index contributed by atoms with van der Waals surface area (Å²) >= 11 is 13.7. The van der Waals surface area contributed by atoms with Crippen LogP contribution in [0.3, 0.4) is 0 Å². The van der Waals surface area contributed by atoms with Crippen LogP contribution in [0.25, 0.3) is 10.6 Å². The van der Waals surface area contributed by atoms with Crippen LogP contribution in [0.5, 0.6) is 0 Å². The molecule has 30 heavy (non-hydrogen) atoms. The van der Waals surface area contributed by atoms with Crippen LogP contribution in [0.4, 0.5) is 5.69 Å². The first kappa shape index (κ1) is 20.3. The number of hydrogen-bond donors (Lipinski definition) is 1. The molecule has 2 heterocycles. The Balaban J connectivity index is 1.54. The van der Waals surface area contributed by atoms with Gasteiger partial charge in [-0.25, -0.2) is 4.98 Å². The number of hydrogen-bond acceptors (Lipinski definition) is 4. The number of anilines is 1. The maximum absolute atomic E-state index is 12.7. The molecular weight excluding hydrogens is 441 g/mol. The van der Waals surface area contributed by atoms with Gasteiger partial charge in [-0.05, 0) is 23.8 Å². The van der Waals surface area contributed by atoms with E-state index in [0.717, 1.165) is 11.1 Å². The van der Waals surface area contributed by atoms with Gasteiger partial charge < -0.3 is 9.88 Å². The van der Waals surface area contributed by atoms with Gasteiger partial charge >= 0.3 is 0 Å². The van der Waals surface area contributed by atoms with E-state index in [1.165, 1.54) is 28.2 Å². The average Bonchev–Trinajstić information content (AvgIpc) is 3.22. The fourth-order valence-electron chi connectivity index (χ4n) is 2.87. The first-order chi connectivity index (χ1) is 14.5. The van der Waals surface area contributed by atoms with Crippen molar-refractivity contribution in [3.63, 3.8) is 0 Å². The Labute approximate surface area is 186 Å². The van der Waals surface area contributed by atoms with E-state index < -0.39 is 0 Å². The summed E-state index contributed by atoms with van der Waals surface area (Å²) in [5, 5.41) is 4.63. The van der Waals surface area contributed by atoms with Crippen LogP contribution in [0.2, 0.25) is 10.0 Å². The molecule has 0 saturated carbocycles. The number of carbonyl (C=O) groups excluding carboxylic acids is 1. The van der Waals surface area contributed by atoms with Gasteiger partial charge in [-0.2, -0.15) is 0 Å². The minimum atomic E-state index is -0.311. The number of rotatable bonds is 5.